The minimum Gasteiger partial charge on any atom is -0.490 e. The smallest absolute Gasteiger partial charge is 0.121 e. The van der Waals surface area contributed by atoms with E-state index in [-0.39, 0.29) is 18.5 Å². The van der Waals surface area contributed by atoms with Crippen LogP contribution in [0.1, 0.15) is 38.5 Å². The molecule has 0 bridgehead atoms. The monoisotopic (exact) mass is 379 g/mol. The van der Waals surface area contributed by atoms with Crippen molar-refractivity contribution in [2.45, 2.75) is 44.6 Å². The van der Waals surface area contributed by atoms with E-state index in [2.05, 4.69) is 12.1 Å². The van der Waals surface area contributed by atoms with Gasteiger partial charge in [-0.3, -0.25) is 0 Å². The summed E-state index contributed by atoms with van der Waals surface area (Å²) in [5.41, 5.74) is 7.98. The zero-order valence-corrected chi connectivity index (χ0v) is 16.1. The first-order valence-corrected chi connectivity index (χ1v) is 9.37. The maximum atomic E-state index is 6.51. The quantitative estimate of drug-likeness (QED) is 0.657. The Hall–Kier alpha value is -1.22. The van der Waals surface area contributed by atoms with Crippen molar-refractivity contribution in [1.29, 1.82) is 0 Å². The summed E-state index contributed by atoms with van der Waals surface area (Å²) in [6.07, 6.45) is 7.58. The lowest BCUT2D eigenvalue weighted by atomic mass is 9.84. The van der Waals surface area contributed by atoms with E-state index in [1.54, 1.807) is 0 Å². The van der Waals surface area contributed by atoms with Crippen molar-refractivity contribution < 1.29 is 4.74 Å². The van der Waals surface area contributed by atoms with Gasteiger partial charge in [0.05, 0.1) is 5.02 Å². The van der Waals surface area contributed by atoms with Crippen LogP contribution in [0.15, 0.2) is 48.5 Å². The van der Waals surface area contributed by atoms with E-state index in [1.807, 2.05) is 36.4 Å². The van der Waals surface area contributed by atoms with E-state index in [1.165, 1.54) is 32.1 Å². The molecule has 1 saturated carbocycles. The van der Waals surface area contributed by atoms with Gasteiger partial charge in [-0.05, 0) is 55.5 Å². The summed E-state index contributed by atoms with van der Waals surface area (Å²) >= 11 is 6.51. The lowest BCUT2D eigenvalue weighted by molar-refractivity contribution is 0.102. The number of rotatable bonds is 6. The Labute approximate surface area is 162 Å². The highest BCUT2D eigenvalue weighted by atomic mass is 35.5. The molecule has 0 amide bonds. The van der Waals surface area contributed by atoms with Gasteiger partial charge in [-0.1, -0.05) is 61.2 Å². The number of ether oxygens (including phenoxy) is 1. The average Bonchev–Trinajstić information content (AvgIpc) is 2.63. The molecule has 2 aromatic carbocycles. The van der Waals surface area contributed by atoms with Gasteiger partial charge in [-0.15, -0.1) is 12.4 Å². The first kappa shape index (κ1) is 20.1. The normalized spacial score (nSPS) is 16.1. The Balaban J connectivity index is 0.00000225. The Kier molecular flexibility index (Phi) is 8.08. The minimum atomic E-state index is 0. The first-order valence-electron chi connectivity index (χ1n) is 8.99. The summed E-state index contributed by atoms with van der Waals surface area (Å²) in [7, 11) is 0. The predicted molar refractivity (Wildman–Crippen MR) is 109 cm³/mol. The van der Waals surface area contributed by atoms with Crippen LogP contribution in [0, 0.1) is 5.92 Å². The highest BCUT2D eigenvalue weighted by molar-refractivity contribution is 6.33. The summed E-state index contributed by atoms with van der Waals surface area (Å²) in [4.78, 5) is 0. The van der Waals surface area contributed by atoms with E-state index in [0.29, 0.717) is 12.5 Å². The molecule has 0 radical (unpaired) electrons. The second-order valence-electron chi connectivity index (χ2n) is 6.64. The number of hydrogen-bond donors (Lipinski definition) is 1. The third-order valence-electron chi connectivity index (χ3n) is 4.94. The topological polar surface area (TPSA) is 35.2 Å². The van der Waals surface area contributed by atoms with Gasteiger partial charge in [-0.25, -0.2) is 0 Å². The zero-order valence-electron chi connectivity index (χ0n) is 14.5. The summed E-state index contributed by atoms with van der Waals surface area (Å²) in [5, 5.41) is 0.730. The van der Waals surface area contributed by atoms with Crippen LogP contribution >= 0.6 is 24.0 Å². The van der Waals surface area contributed by atoms with Gasteiger partial charge in [0, 0.05) is 5.56 Å². The minimum absolute atomic E-state index is 0. The average molecular weight is 380 g/mol. The van der Waals surface area contributed by atoms with Crippen molar-refractivity contribution in [2.75, 3.05) is 6.54 Å². The largest absolute Gasteiger partial charge is 0.490 e. The van der Waals surface area contributed by atoms with Gasteiger partial charge in [-0.2, -0.15) is 0 Å². The van der Waals surface area contributed by atoms with Gasteiger partial charge in [0.2, 0.25) is 0 Å². The molecular weight excluding hydrogens is 353 g/mol. The number of halogens is 2. The van der Waals surface area contributed by atoms with E-state index >= 15 is 0 Å². The third kappa shape index (κ3) is 5.37. The van der Waals surface area contributed by atoms with Crippen LogP contribution in [0.2, 0.25) is 5.02 Å². The molecule has 1 aliphatic carbocycles. The van der Waals surface area contributed by atoms with Gasteiger partial charge in [0.1, 0.15) is 11.9 Å². The Morgan fingerprint density at radius 1 is 1.04 bits per heavy atom. The van der Waals surface area contributed by atoms with Crippen LogP contribution in [0.25, 0.3) is 11.1 Å². The van der Waals surface area contributed by atoms with E-state index < -0.39 is 0 Å². The molecule has 2 aromatic rings. The van der Waals surface area contributed by atoms with Crippen LogP contribution in [-0.2, 0) is 0 Å². The molecule has 1 aliphatic rings. The second kappa shape index (κ2) is 10.1. The van der Waals surface area contributed by atoms with Crippen molar-refractivity contribution in [3.8, 4) is 16.9 Å². The third-order valence-corrected chi connectivity index (χ3v) is 5.25. The standard InChI is InChI=1S/C21H26ClNO.ClH/c22-20-15-18(11-12-19(20)16-7-3-1-4-8-16)24-21(13-14-23)17-9-5-2-6-10-17;/h1,3-4,7-8,11-12,15,17,21H,2,5-6,9-10,13-14,23H2;1H. The summed E-state index contributed by atoms with van der Waals surface area (Å²) in [5.74, 6) is 1.47. The maximum Gasteiger partial charge on any atom is 0.121 e. The van der Waals surface area contributed by atoms with Crippen molar-refractivity contribution in [3.63, 3.8) is 0 Å². The molecule has 4 heteroatoms. The van der Waals surface area contributed by atoms with Crippen LogP contribution in [0.4, 0.5) is 0 Å². The fourth-order valence-electron chi connectivity index (χ4n) is 3.66. The van der Waals surface area contributed by atoms with Gasteiger partial charge < -0.3 is 10.5 Å². The molecule has 136 valence electrons. The molecule has 2 N–H and O–H groups in total. The van der Waals surface area contributed by atoms with Crippen molar-refractivity contribution >= 4 is 24.0 Å². The zero-order chi connectivity index (χ0) is 16.8. The molecule has 0 saturated heterocycles. The molecule has 25 heavy (non-hydrogen) atoms. The van der Waals surface area contributed by atoms with Gasteiger partial charge >= 0.3 is 0 Å². The summed E-state index contributed by atoms with van der Waals surface area (Å²) in [6.45, 7) is 0.664. The molecule has 0 aromatic heterocycles. The molecule has 3 rings (SSSR count). The Morgan fingerprint density at radius 2 is 1.76 bits per heavy atom. The van der Waals surface area contributed by atoms with Crippen molar-refractivity contribution in [1.82, 2.24) is 0 Å². The fourth-order valence-corrected chi connectivity index (χ4v) is 3.94. The molecular formula is C21H27Cl2NO. The van der Waals surface area contributed by atoms with Gasteiger partial charge in [0.15, 0.2) is 0 Å². The predicted octanol–water partition coefficient (Wildman–Crippen LogP) is 6.11. The molecule has 1 unspecified atom stereocenters. The molecule has 2 nitrogen and oxygen atoms in total. The Bertz CT molecular complexity index is 642. The van der Waals surface area contributed by atoms with E-state index in [4.69, 9.17) is 22.1 Å². The van der Waals surface area contributed by atoms with Crippen molar-refractivity contribution in [2.24, 2.45) is 11.7 Å². The molecule has 1 fully saturated rings. The highest BCUT2D eigenvalue weighted by Crippen LogP contribution is 2.34. The van der Waals surface area contributed by atoms with Crippen LogP contribution in [0.5, 0.6) is 5.75 Å². The number of hydrogen-bond acceptors (Lipinski definition) is 2. The SMILES string of the molecule is Cl.NCCC(Oc1ccc(-c2ccccc2)c(Cl)c1)C1CCCCC1. The maximum absolute atomic E-state index is 6.51. The van der Waals surface area contributed by atoms with Crippen LogP contribution < -0.4 is 10.5 Å². The van der Waals surface area contributed by atoms with Gasteiger partial charge in [0.25, 0.3) is 0 Å². The highest BCUT2D eigenvalue weighted by Gasteiger charge is 2.24. The molecule has 0 heterocycles. The summed E-state index contributed by atoms with van der Waals surface area (Å²) < 4.78 is 6.30. The lowest BCUT2D eigenvalue weighted by Gasteiger charge is -2.30. The van der Waals surface area contributed by atoms with Crippen LogP contribution in [-0.4, -0.2) is 12.6 Å². The molecule has 0 spiro atoms. The van der Waals surface area contributed by atoms with Crippen molar-refractivity contribution in [3.05, 3.63) is 53.6 Å². The second-order valence-corrected chi connectivity index (χ2v) is 7.05. The molecule has 0 aliphatic heterocycles. The lowest BCUT2D eigenvalue weighted by Crippen LogP contribution is -2.31. The Morgan fingerprint density at radius 3 is 2.40 bits per heavy atom. The van der Waals surface area contributed by atoms with Crippen LogP contribution in [0.3, 0.4) is 0 Å². The van der Waals surface area contributed by atoms with E-state index in [0.717, 1.165) is 28.3 Å². The van der Waals surface area contributed by atoms with E-state index in [9.17, 15) is 0 Å². The summed E-state index contributed by atoms with van der Waals surface area (Å²) in [6, 6.07) is 16.2. The number of nitrogens with two attached hydrogens (primary N) is 1. The fraction of sp³-hybridized carbons (Fsp3) is 0.429. The first-order chi connectivity index (χ1) is 11.8. The molecule has 1 atom stereocenters. The number of benzene rings is 2.